The molecule has 0 unspecified atom stereocenters. The number of hydrogen-bond donors (Lipinski definition) is 1. The summed E-state index contributed by atoms with van der Waals surface area (Å²) in [4.78, 5) is 47.8. The van der Waals surface area contributed by atoms with Gasteiger partial charge in [-0.15, -0.1) is 0 Å². The standard InChI is InChI=1S/C12H16O3.C11H14O4.C11H14O2.CO2/c1-9-4-5-11(8-12(9)14-3)6-7-15-10(2)13;1-8(12)15-6-5-9-3-4-10(13)11(7-9)14-2;1-9-3-5-11(6-4-9)7-8-13-10(2)12;2-1-3/h4-5,8H,6-7H2,1-3H3;3-4,7,13H,5-6H2,1-2H3;3-6H,7-8H2,1-2H3;. The van der Waals surface area contributed by atoms with Gasteiger partial charge in [0.05, 0.1) is 34.0 Å². The number of rotatable bonds is 11. The largest absolute Gasteiger partial charge is 0.504 e. The number of phenols is 1. The van der Waals surface area contributed by atoms with Crippen LogP contribution in [0.5, 0.6) is 17.2 Å². The van der Waals surface area contributed by atoms with Crippen LogP contribution >= 0.6 is 0 Å². The Hall–Kier alpha value is -5.15. The number of methoxy groups -OCH3 is 2. The van der Waals surface area contributed by atoms with Crippen molar-refractivity contribution in [3.63, 3.8) is 0 Å². The van der Waals surface area contributed by atoms with Gasteiger partial charge in [-0.3, -0.25) is 14.4 Å². The Kier molecular flexibility index (Phi) is 21.5. The van der Waals surface area contributed by atoms with Crippen molar-refractivity contribution in [3.05, 3.63) is 88.5 Å². The highest BCUT2D eigenvalue weighted by Crippen LogP contribution is 2.26. The van der Waals surface area contributed by atoms with Crippen molar-refractivity contribution in [1.29, 1.82) is 0 Å². The van der Waals surface area contributed by atoms with Crippen LogP contribution in [0.3, 0.4) is 0 Å². The third-order valence-electron chi connectivity index (χ3n) is 5.93. The van der Waals surface area contributed by atoms with Gasteiger partial charge in [0.1, 0.15) is 5.75 Å². The molecule has 0 bridgehead atoms. The van der Waals surface area contributed by atoms with Gasteiger partial charge in [0.2, 0.25) is 0 Å². The van der Waals surface area contributed by atoms with E-state index < -0.39 is 0 Å². The number of hydrogen-bond acceptors (Lipinski definition) is 11. The van der Waals surface area contributed by atoms with Crippen LogP contribution in [0, 0.1) is 13.8 Å². The SMILES string of the molecule is CC(=O)OCCc1ccc(C)cc1.COc1cc(CCOC(C)=O)ccc1C.COc1cc(CCOC(C)=O)ccc1O.O=C=O. The molecule has 11 heteroatoms. The van der Waals surface area contributed by atoms with Crippen LogP contribution < -0.4 is 9.47 Å². The lowest BCUT2D eigenvalue weighted by molar-refractivity contribution is -0.191. The molecule has 0 aliphatic rings. The summed E-state index contributed by atoms with van der Waals surface area (Å²) in [6, 6.07) is 19.3. The first-order valence-electron chi connectivity index (χ1n) is 14.3. The van der Waals surface area contributed by atoms with Crippen molar-refractivity contribution in [3.8, 4) is 17.2 Å². The van der Waals surface area contributed by atoms with Crippen LogP contribution in [0.15, 0.2) is 60.7 Å². The van der Waals surface area contributed by atoms with E-state index in [9.17, 15) is 19.5 Å². The molecule has 3 aromatic rings. The number of aromatic hydroxyl groups is 1. The molecular weight excluding hydrogens is 596 g/mol. The second-order valence-corrected chi connectivity index (χ2v) is 9.65. The molecule has 0 amide bonds. The van der Waals surface area contributed by atoms with Crippen LogP contribution in [-0.4, -0.2) is 63.2 Å². The van der Waals surface area contributed by atoms with E-state index >= 15 is 0 Å². The molecule has 46 heavy (non-hydrogen) atoms. The Morgan fingerprint density at radius 2 is 0.978 bits per heavy atom. The number of benzene rings is 3. The fourth-order valence-corrected chi connectivity index (χ4v) is 3.59. The van der Waals surface area contributed by atoms with Gasteiger partial charge in [-0.1, -0.05) is 48.0 Å². The minimum Gasteiger partial charge on any atom is -0.504 e. The number of carbonyl (C=O) groups excluding carboxylic acids is 5. The lowest BCUT2D eigenvalue weighted by atomic mass is 10.1. The van der Waals surface area contributed by atoms with E-state index in [0.717, 1.165) is 35.3 Å². The number of esters is 3. The average Bonchev–Trinajstić information content (AvgIpc) is 3.00. The van der Waals surface area contributed by atoms with Gasteiger partial charge in [-0.05, 0) is 54.3 Å². The van der Waals surface area contributed by atoms with Gasteiger partial charge in [0.15, 0.2) is 11.5 Å². The third kappa shape index (κ3) is 19.9. The van der Waals surface area contributed by atoms with Crippen molar-refractivity contribution in [2.45, 2.75) is 53.9 Å². The molecule has 0 aliphatic heterocycles. The van der Waals surface area contributed by atoms with Gasteiger partial charge in [0, 0.05) is 40.0 Å². The fourth-order valence-electron chi connectivity index (χ4n) is 3.59. The first-order chi connectivity index (χ1) is 21.9. The highest BCUT2D eigenvalue weighted by atomic mass is 16.5. The lowest BCUT2D eigenvalue weighted by Gasteiger charge is -2.07. The predicted octanol–water partition coefficient (Wildman–Crippen LogP) is 5.13. The molecular formula is C35H44O11. The van der Waals surface area contributed by atoms with Crippen molar-refractivity contribution in [2.75, 3.05) is 34.0 Å². The third-order valence-corrected chi connectivity index (χ3v) is 5.93. The van der Waals surface area contributed by atoms with Crippen LogP contribution in [-0.2, 0) is 57.4 Å². The van der Waals surface area contributed by atoms with Gasteiger partial charge >= 0.3 is 24.1 Å². The van der Waals surface area contributed by atoms with E-state index in [0.29, 0.717) is 32.0 Å². The molecule has 0 heterocycles. The summed E-state index contributed by atoms with van der Waals surface area (Å²) in [5.41, 5.74) is 5.61. The zero-order valence-corrected chi connectivity index (χ0v) is 27.5. The van der Waals surface area contributed by atoms with E-state index in [2.05, 4.69) is 31.2 Å². The minimum absolute atomic E-state index is 0.105. The van der Waals surface area contributed by atoms with Gasteiger partial charge in [-0.25, -0.2) is 0 Å². The molecule has 250 valence electrons. The van der Waals surface area contributed by atoms with Crippen LogP contribution in [0.4, 0.5) is 0 Å². The van der Waals surface area contributed by atoms with E-state index in [-0.39, 0.29) is 29.8 Å². The maximum atomic E-state index is 10.6. The summed E-state index contributed by atoms with van der Waals surface area (Å²) in [6.07, 6.45) is 2.37. The number of aryl methyl sites for hydroxylation is 2. The Labute approximate surface area is 270 Å². The average molecular weight is 641 g/mol. The summed E-state index contributed by atoms with van der Waals surface area (Å²) < 4.78 is 24.7. The van der Waals surface area contributed by atoms with E-state index in [1.807, 2.05) is 25.1 Å². The van der Waals surface area contributed by atoms with E-state index in [1.54, 1.807) is 25.3 Å². The molecule has 0 fully saturated rings. The lowest BCUT2D eigenvalue weighted by Crippen LogP contribution is -2.03. The van der Waals surface area contributed by atoms with E-state index in [4.69, 9.17) is 33.3 Å². The summed E-state index contributed by atoms with van der Waals surface area (Å²) >= 11 is 0. The molecule has 3 rings (SSSR count). The van der Waals surface area contributed by atoms with Gasteiger partial charge < -0.3 is 28.8 Å². The van der Waals surface area contributed by atoms with Crippen molar-refractivity contribution < 1.29 is 52.8 Å². The highest BCUT2D eigenvalue weighted by molar-refractivity contribution is 5.66. The fraction of sp³-hybridized carbons (Fsp3) is 0.371. The van der Waals surface area contributed by atoms with Crippen molar-refractivity contribution in [1.82, 2.24) is 0 Å². The number of phenolic OH excluding ortho intramolecular Hbond substituents is 1. The molecule has 1 N–H and O–H groups in total. The highest BCUT2D eigenvalue weighted by Gasteiger charge is 2.03. The maximum Gasteiger partial charge on any atom is 0.373 e. The molecule has 0 aromatic heterocycles. The molecule has 3 aromatic carbocycles. The molecule has 0 radical (unpaired) electrons. The van der Waals surface area contributed by atoms with E-state index in [1.165, 1.54) is 39.0 Å². The second kappa shape index (κ2) is 24.2. The summed E-state index contributed by atoms with van der Waals surface area (Å²) in [7, 11) is 3.14. The zero-order chi connectivity index (χ0) is 34.9. The Morgan fingerprint density at radius 3 is 1.39 bits per heavy atom. The minimum atomic E-state index is -0.291. The topological polar surface area (TPSA) is 152 Å². The second-order valence-electron chi connectivity index (χ2n) is 9.65. The monoisotopic (exact) mass is 640 g/mol. The zero-order valence-electron chi connectivity index (χ0n) is 27.5. The normalized spacial score (nSPS) is 9.28. The summed E-state index contributed by atoms with van der Waals surface area (Å²) in [5, 5.41) is 9.34. The molecule has 0 atom stereocenters. The van der Waals surface area contributed by atoms with Crippen LogP contribution in [0.2, 0.25) is 0 Å². The summed E-state index contributed by atoms with van der Waals surface area (Å²) in [6.45, 7) is 9.48. The van der Waals surface area contributed by atoms with Crippen molar-refractivity contribution >= 4 is 24.1 Å². The van der Waals surface area contributed by atoms with Crippen molar-refractivity contribution in [2.24, 2.45) is 0 Å². The van der Waals surface area contributed by atoms with Crippen LogP contribution in [0.1, 0.15) is 48.6 Å². The smallest absolute Gasteiger partial charge is 0.373 e. The molecule has 0 aliphatic carbocycles. The molecule has 11 nitrogen and oxygen atoms in total. The Balaban J connectivity index is 0.000000634. The van der Waals surface area contributed by atoms with Crippen LogP contribution in [0.25, 0.3) is 0 Å². The van der Waals surface area contributed by atoms with Gasteiger partial charge in [-0.2, -0.15) is 9.59 Å². The first kappa shape index (κ1) is 40.9. The Bertz CT molecular complexity index is 1310. The Morgan fingerprint density at radius 1 is 0.609 bits per heavy atom. The number of carbonyl (C=O) groups is 3. The van der Waals surface area contributed by atoms with Gasteiger partial charge in [0.25, 0.3) is 0 Å². The molecule has 0 spiro atoms. The molecule has 0 saturated carbocycles. The number of ether oxygens (including phenoxy) is 5. The predicted molar refractivity (Wildman–Crippen MR) is 170 cm³/mol. The quantitative estimate of drug-likeness (QED) is 0.219. The summed E-state index contributed by atoms with van der Waals surface area (Å²) in [5.74, 6) is 0.654. The first-order valence-corrected chi connectivity index (χ1v) is 14.3. The maximum absolute atomic E-state index is 10.6. The molecule has 0 saturated heterocycles.